The molecule has 0 unspecified atom stereocenters. The second-order valence-electron chi connectivity index (χ2n) is 3.05. The van der Waals surface area contributed by atoms with Crippen molar-refractivity contribution >= 4 is 17.5 Å². The number of nitro benzene ring substituents is 1. The number of halogens is 2. The maximum atomic E-state index is 11.8. The van der Waals surface area contributed by atoms with Crippen molar-refractivity contribution in [3.8, 4) is 0 Å². The van der Waals surface area contributed by atoms with Crippen LogP contribution >= 0.6 is 0 Å². The molecule has 7 nitrogen and oxygen atoms in total. The quantitative estimate of drug-likeness (QED) is 0.613. The third-order valence-electron chi connectivity index (χ3n) is 1.84. The third-order valence-corrected chi connectivity index (χ3v) is 1.84. The lowest BCUT2D eigenvalue weighted by Crippen LogP contribution is -2.44. The van der Waals surface area contributed by atoms with Gasteiger partial charge in [-0.25, -0.2) is 0 Å². The van der Waals surface area contributed by atoms with Crippen molar-refractivity contribution in [1.82, 2.24) is 10.9 Å². The first-order chi connectivity index (χ1) is 8.41. The van der Waals surface area contributed by atoms with Gasteiger partial charge in [0.05, 0.1) is 4.92 Å². The van der Waals surface area contributed by atoms with E-state index in [-0.39, 0.29) is 11.3 Å². The Labute approximate surface area is 98.9 Å². The molecule has 1 aromatic rings. The van der Waals surface area contributed by atoms with Crippen molar-refractivity contribution < 1.29 is 23.3 Å². The molecule has 0 aliphatic rings. The number of hydrogen-bond acceptors (Lipinski definition) is 4. The highest BCUT2D eigenvalue weighted by Crippen LogP contribution is 2.11. The van der Waals surface area contributed by atoms with Crippen molar-refractivity contribution in [2.24, 2.45) is 0 Å². The maximum absolute atomic E-state index is 11.8. The van der Waals surface area contributed by atoms with Crippen LogP contribution in [0.5, 0.6) is 0 Å². The molecule has 0 spiro atoms. The highest BCUT2D eigenvalue weighted by atomic mass is 19.3. The van der Waals surface area contributed by atoms with Crippen LogP contribution in [0.4, 0.5) is 14.5 Å². The fraction of sp³-hybridized carbons (Fsp3) is 0.111. The molecule has 0 aliphatic carbocycles. The van der Waals surface area contributed by atoms with E-state index in [1.165, 1.54) is 5.43 Å². The number of hydrazine groups is 1. The van der Waals surface area contributed by atoms with E-state index in [9.17, 15) is 28.5 Å². The second kappa shape index (κ2) is 5.66. The summed E-state index contributed by atoms with van der Waals surface area (Å²) in [5.74, 6) is -2.51. The molecule has 1 rings (SSSR count). The normalized spacial score (nSPS) is 9.94. The minimum Gasteiger partial charge on any atom is -0.267 e. The SMILES string of the molecule is O=C(NNC(=O)C(F)F)c1ccc([N+](=O)[O-])cc1. The van der Waals surface area contributed by atoms with E-state index in [2.05, 4.69) is 0 Å². The molecule has 0 aromatic heterocycles. The molecule has 0 radical (unpaired) electrons. The monoisotopic (exact) mass is 259 g/mol. The maximum Gasteiger partial charge on any atom is 0.317 e. The van der Waals surface area contributed by atoms with Gasteiger partial charge >= 0.3 is 12.3 Å². The van der Waals surface area contributed by atoms with Crippen LogP contribution in [0.2, 0.25) is 0 Å². The first-order valence-electron chi connectivity index (χ1n) is 4.54. The Morgan fingerprint density at radius 2 is 1.72 bits per heavy atom. The Morgan fingerprint density at radius 1 is 1.17 bits per heavy atom. The summed E-state index contributed by atoms with van der Waals surface area (Å²) in [6.07, 6.45) is -3.25. The number of nitro groups is 1. The molecule has 0 aliphatic heterocycles. The molecule has 1 aromatic carbocycles. The summed E-state index contributed by atoms with van der Waals surface area (Å²) in [4.78, 5) is 31.5. The number of alkyl halides is 2. The van der Waals surface area contributed by atoms with Gasteiger partial charge in [-0.1, -0.05) is 0 Å². The molecule has 2 N–H and O–H groups in total. The van der Waals surface area contributed by atoms with E-state index < -0.39 is 23.2 Å². The number of rotatable bonds is 3. The average molecular weight is 259 g/mol. The molecule has 0 saturated carbocycles. The number of carbonyl (C=O) groups is 2. The zero-order valence-electron chi connectivity index (χ0n) is 8.72. The number of nitrogens with one attached hydrogen (secondary N) is 2. The number of nitrogens with zero attached hydrogens (tertiary/aromatic N) is 1. The molecule has 0 saturated heterocycles. The lowest BCUT2D eigenvalue weighted by molar-refractivity contribution is -0.384. The van der Waals surface area contributed by atoms with Crippen LogP contribution in [0.1, 0.15) is 10.4 Å². The van der Waals surface area contributed by atoms with Crippen LogP contribution in [0.25, 0.3) is 0 Å². The van der Waals surface area contributed by atoms with Gasteiger partial charge in [0, 0.05) is 17.7 Å². The van der Waals surface area contributed by atoms with Gasteiger partial charge in [0.1, 0.15) is 0 Å². The van der Waals surface area contributed by atoms with Gasteiger partial charge in [-0.15, -0.1) is 0 Å². The molecular formula is C9H7F2N3O4. The average Bonchev–Trinajstić information content (AvgIpc) is 2.35. The summed E-state index contributed by atoms with van der Waals surface area (Å²) in [7, 11) is 0. The smallest absolute Gasteiger partial charge is 0.267 e. The zero-order chi connectivity index (χ0) is 13.7. The Kier molecular flexibility index (Phi) is 4.24. The van der Waals surface area contributed by atoms with Gasteiger partial charge in [0.15, 0.2) is 0 Å². The van der Waals surface area contributed by atoms with Crippen LogP contribution in [-0.4, -0.2) is 23.2 Å². The molecule has 0 heterocycles. The Morgan fingerprint density at radius 3 is 2.17 bits per heavy atom. The molecular weight excluding hydrogens is 252 g/mol. The van der Waals surface area contributed by atoms with E-state index in [1.807, 2.05) is 0 Å². The van der Waals surface area contributed by atoms with E-state index in [0.29, 0.717) is 0 Å². The summed E-state index contributed by atoms with van der Waals surface area (Å²) < 4.78 is 23.6. The van der Waals surface area contributed by atoms with Gasteiger partial charge in [-0.3, -0.25) is 30.6 Å². The lowest BCUT2D eigenvalue weighted by Gasteiger charge is -2.06. The molecule has 0 atom stereocenters. The molecule has 0 bridgehead atoms. The molecule has 0 fully saturated rings. The summed E-state index contributed by atoms with van der Waals surface area (Å²) in [6, 6.07) is 4.40. The van der Waals surface area contributed by atoms with Crippen LogP contribution in [0.3, 0.4) is 0 Å². The van der Waals surface area contributed by atoms with Gasteiger partial charge < -0.3 is 0 Å². The van der Waals surface area contributed by atoms with E-state index in [4.69, 9.17) is 0 Å². The van der Waals surface area contributed by atoms with Crippen LogP contribution < -0.4 is 10.9 Å². The van der Waals surface area contributed by atoms with E-state index >= 15 is 0 Å². The summed E-state index contributed by atoms with van der Waals surface area (Å²) in [5, 5.41) is 10.3. The zero-order valence-corrected chi connectivity index (χ0v) is 8.72. The summed E-state index contributed by atoms with van der Waals surface area (Å²) in [6.45, 7) is 0. The third kappa shape index (κ3) is 3.47. The highest BCUT2D eigenvalue weighted by Gasteiger charge is 2.16. The lowest BCUT2D eigenvalue weighted by atomic mass is 10.2. The largest absolute Gasteiger partial charge is 0.317 e. The second-order valence-corrected chi connectivity index (χ2v) is 3.05. The van der Waals surface area contributed by atoms with Crippen molar-refractivity contribution in [2.45, 2.75) is 6.43 Å². The summed E-state index contributed by atoms with van der Waals surface area (Å²) >= 11 is 0. The fourth-order valence-corrected chi connectivity index (χ4v) is 0.980. The minimum atomic E-state index is -3.25. The van der Waals surface area contributed by atoms with Crippen molar-refractivity contribution in [2.75, 3.05) is 0 Å². The van der Waals surface area contributed by atoms with Crippen molar-refractivity contribution in [3.05, 3.63) is 39.9 Å². The standard InChI is InChI=1S/C9H7F2N3O4/c10-7(11)9(16)13-12-8(15)5-1-3-6(4-2-5)14(17)18/h1-4,7H,(H,12,15)(H,13,16). The fourth-order valence-electron chi connectivity index (χ4n) is 0.980. The summed E-state index contributed by atoms with van der Waals surface area (Å²) in [5.41, 5.74) is 3.00. The first kappa shape index (κ1) is 13.5. The van der Waals surface area contributed by atoms with Crippen LogP contribution in [-0.2, 0) is 4.79 Å². The molecule has 18 heavy (non-hydrogen) atoms. The number of amides is 2. The predicted molar refractivity (Wildman–Crippen MR) is 54.7 cm³/mol. The number of benzene rings is 1. The van der Waals surface area contributed by atoms with Gasteiger partial charge in [-0.05, 0) is 12.1 Å². The van der Waals surface area contributed by atoms with Gasteiger partial charge in [-0.2, -0.15) is 8.78 Å². The van der Waals surface area contributed by atoms with Crippen LogP contribution in [0, 0.1) is 10.1 Å². The Hall–Kier alpha value is -2.58. The number of hydrogen-bond donors (Lipinski definition) is 2. The molecule has 96 valence electrons. The Balaban J connectivity index is 2.62. The van der Waals surface area contributed by atoms with E-state index in [1.54, 1.807) is 5.43 Å². The number of carbonyl (C=O) groups excluding carboxylic acids is 2. The van der Waals surface area contributed by atoms with Crippen molar-refractivity contribution in [1.29, 1.82) is 0 Å². The first-order valence-corrected chi connectivity index (χ1v) is 4.54. The molecule has 9 heteroatoms. The predicted octanol–water partition coefficient (Wildman–Crippen LogP) is 0.621. The number of non-ortho nitro benzene ring substituents is 1. The van der Waals surface area contributed by atoms with Gasteiger partial charge in [0.2, 0.25) is 0 Å². The van der Waals surface area contributed by atoms with Gasteiger partial charge in [0.25, 0.3) is 11.6 Å². The van der Waals surface area contributed by atoms with E-state index in [0.717, 1.165) is 24.3 Å². The van der Waals surface area contributed by atoms with Crippen molar-refractivity contribution in [3.63, 3.8) is 0 Å². The van der Waals surface area contributed by atoms with Crippen LogP contribution in [0.15, 0.2) is 24.3 Å². The Bertz CT molecular complexity index is 475. The topological polar surface area (TPSA) is 101 Å². The molecule has 2 amide bonds. The minimum absolute atomic E-state index is 0.0184. The highest BCUT2D eigenvalue weighted by molar-refractivity contribution is 5.95.